The summed E-state index contributed by atoms with van der Waals surface area (Å²) in [5, 5.41) is 11.8. The molecule has 0 saturated carbocycles. The third-order valence-electron chi connectivity index (χ3n) is 5.57. The molecule has 5 aromatic rings. The Morgan fingerprint density at radius 1 is 1.16 bits per heavy atom. The van der Waals surface area contributed by atoms with Crippen LogP contribution in [0.3, 0.4) is 0 Å². The fraction of sp³-hybridized carbons (Fsp3) is 0.167. The summed E-state index contributed by atoms with van der Waals surface area (Å²) < 4.78 is 12.8. The minimum absolute atomic E-state index is 0.128. The van der Waals surface area contributed by atoms with E-state index >= 15 is 0 Å². The monoisotopic (exact) mass is 427 g/mol. The largest absolute Gasteiger partial charge is 0.496 e. The highest BCUT2D eigenvalue weighted by Crippen LogP contribution is 2.38. The molecule has 4 aromatic heterocycles. The number of aryl methyl sites for hydroxylation is 2. The molecule has 160 valence electrons. The molecule has 0 aliphatic heterocycles. The lowest BCUT2D eigenvalue weighted by Gasteiger charge is -2.16. The number of ether oxygens (including phenoxy) is 1. The Labute approximate surface area is 183 Å². The fourth-order valence-corrected chi connectivity index (χ4v) is 4.05. The molecule has 0 unspecified atom stereocenters. The molecule has 0 saturated heterocycles. The van der Waals surface area contributed by atoms with E-state index in [0.29, 0.717) is 23.6 Å². The first kappa shape index (κ1) is 19.7. The number of pyridine rings is 2. The molecule has 5 rings (SSSR count). The molecular formula is C24H21N5O3. The van der Waals surface area contributed by atoms with Crippen molar-refractivity contribution >= 4 is 10.9 Å². The number of nitrogens with one attached hydrogen (secondary N) is 1. The molecule has 0 fully saturated rings. The Balaban J connectivity index is 1.82. The first-order valence-electron chi connectivity index (χ1n) is 10.1. The van der Waals surface area contributed by atoms with E-state index in [4.69, 9.17) is 9.26 Å². The van der Waals surface area contributed by atoms with Gasteiger partial charge in [-0.2, -0.15) is 5.10 Å². The average Bonchev–Trinajstić information content (AvgIpc) is 3.45. The molecule has 32 heavy (non-hydrogen) atoms. The van der Waals surface area contributed by atoms with Gasteiger partial charge in [0.2, 0.25) is 0 Å². The van der Waals surface area contributed by atoms with Crippen molar-refractivity contribution in [2.75, 3.05) is 7.11 Å². The van der Waals surface area contributed by atoms with E-state index in [0.717, 1.165) is 39.0 Å². The number of nitrogens with zero attached hydrogens (tertiary/aromatic N) is 4. The maximum Gasteiger partial charge on any atom is 0.259 e. The predicted octanol–water partition coefficient (Wildman–Crippen LogP) is 4.12. The molecular weight excluding hydrogens is 406 g/mol. The van der Waals surface area contributed by atoms with Gasteiger partial charge in [-0.25, -0.2) is 0 Å². The lowest BCUT2D eigenvalue weighted by Crippen LogP contribution is -2.23. The Morgan fingerprint density at radius 3 is 2.66 bits per heavy atom. The second kappa shape index (κ2) is 7.81. The van der Waals surface area contributed by atoms with Gasteiger partial charge in [0.1, 0.15) is 11.5 Å². The number of aromatic amines is 1. The van der Waals surface area contributed by atoms with Gasteiger partial charge in [-0.1, -0.05) is 11.2 Å². The van der Waals surface area contributed by atoms with Gasteiger partial charge >= 0.3 is 0 Å². The van der Waals surface area contributed by atoms with Crippen molar-refractivity contribution in [1.82, 2.24) is 24.9 Å². The molecule has 8 nitrogen and oxygen atoms in total. The third-order valence-corrected chi connectivity index (χ3v) is 5.57. The van der Waals surface area contributed by atoms with Crippen molar-refractivity contribution < 1.29 is 9.26 Å². The summed E-state index contributed by atoms with van der Waals surface area (Å²) in [6, 6.07) is 11.5. The van der Waals surface area contributed by atoms with Crippen LogP contribution in [0.4, 0.5) is 0 Å². The number of methoxy groups -OCH3 is 1. The quantitative estimate of drug-likeness (QED) is 0.453. The first-order valence-corrected chi connectivity index (χ1v) is 10.1. The first-order chi connectivity index (χ1) is 15.6. The lowest BCUT2D eigenvalue weighted by atomic mass is 9.99. The van der Waals surface area contributed by atoms with Crippen LogP contribution in [-0.4, -0.2) is 32.0 Å². The molecule has 0 atom stereocenters. The molecule has 1 N–H and O–H groups in total. The predicted molar refractivity (Wildman–Crippen MR) is 121 cm³/mol. The molecule has 1 aromatic carbocycles. The summed E-state index contributed by atoms with van der Waals surface area (Å²) in [7, 11) is 1.61. The van der Waals surface area contributed by atoms with Crippen molar-refractivity contribution in [3.05, 3.63) is 82.5 Å². The zero-order valence-electron chi connectivity index (χ0n) is 17.9. The highest BCUT2D eigenvalue weighted by atomic mass is 16.5. The third kappa shape index (κ3) is 3.26. The summed E-state index contributed by atoms with van der Waals surface area (Å²) >= 11 is 0. The second-order valence-electron chi connectivity index (χ2n) is 7.57. The fourth-order valence-electron chi connectivity index (χ4n) is 4.05. The van der Waals surface area contributed by atoms with Gasteiger partial charge < -0.3 is 13.8 Å². The van der Waals surface area contributed by atoms with Gasteiger partial charge in [0.05, 0.1) is 47.9 Å². The molecule has 0 amide bonds. The van der Waals surface area contributed by atoms with Crippen molar-refractivity contribution in [3.8, 4) is 28.0 Å². The van der Waals surface area contributed by atoms with Gasteiger partial charge in [0, 0.05) is 29.6 Å². The van der Waals surface area contributed by atoms with E-state index < -0.39 is 0 Å². The molecule has 8 heteroatoms. The van der Waals surface area contributed by atoms with Gasteiger partial charge in [-0.3, -0.25) is 14.9 Å². The van der Waals surface area contributed by atoms with Gasteiger partial charge in [0.25, 0.3) is 5.56 Å². The molecule has 0 aliphatic carbocycles. The number of benzene rings is 1. The topological polar surface area (TPSA) is 98.8 Å². The Kier molecular flexibility index (Phi) is 4.82. The SMILES string of the molecule is COc1cc2c(cc1-c1c(C)noc1C)cc(-c1cn[nH]c1)c(=O)n2Cc1ccccn1. The van der Waals surface area contributed by atoms with Crippen LogP contribution in [0.2, 0.25) is 0 Å². The average molecular weight is 427 g/mol. The summed E-state index contributed by atoms with van der Waals surface area (Å²) in [6.45, 7) is 4.10. The standard InChI is InChI=1S/C24H21N5O3/c1-14-23(15(2)32-28-14)20-9-16-8-19(17-11-26-27-12-17)24(30)29(21(16)10-22(20)31-3)13-18-6-4-5-7-25-18/h4-12H,13H2,1-3H3,(H,26,27). The number of H-pyrrole nitrogens is 1. The highest BCUT2D eigenvalue weighted by Gasteiger charge is 2.20. The van der Waals surface area contributed by atoms with Crippen LogP contribution in [0.15, 0.2) is 64.3 Å². The van der Waals surface area contributed by atoms with E-state index in [-0.39, 0.29) is 5.56 Å². The Bertz CT molecular complexity index is 1450. The minimum atomic E-state index is -0.128. The normalized spacial score (nSPS) is 11.2. The van der Waals surface area contributed by atoms with Crippen molar-refractivity contribution in [1.29, 1.82) is 0 Å². The van der Waals surface area contributed by atoms with E-state index in [1.807, 2.05) is 50.2 Å². The maximum atomic E-state index is 13.5. The number of fused-ring (bicyclic) bond motifs is 1. The van der Waals surface area contributed by atoms with Gasteiger partial charge in [-0.15, -0.1) is 0 Å². The van der Waals surface area contributed by atoms with Crippen LogP contribution >= 0.6 is 0 Å². The van der Waals surface area contributed by atoms with Crippen molar-refractivity contribution in [2.45, 2.75) is 20.4 Å². The highest BCUT2D eigenvalue weighted by molar-refractivity contribution is 5.92. The Morgan fingerprint density at radius 2 is 2.00 bits per heavy atom. The maximum absolute atomic E-state index is 13.5. The number of hydrogen-bond donors (Lipinski definition) is 1. The number of rotatable bonds is 5. The zero-order valence-corrected chi connectivity index (χ0v) is 17.9. The van der Waals surface area contributed by atoms with E-state index in [1.54, 1.807) is 30.3 Å². The van der Waals surface area contributed by atoms with Crippen molar-refractivity contribution in [3.63, 3.8) is 0 Å². The molecule has 0 spiro atoms. The van der Waals surface area contributed by atoms with Crippen LogP contribution in [-0.2, 0) is 6.54 Å². The summed E-state index contributed by atoms with van der Waals surface area (Å²) in [5.74, 6) is 1.34. The summed E-state index contributed by atoms with van der Waals surface area (Å²) in [5.41, 5.74) is 5.20. The summed E-state index contributed by atoms with van der Waals surface area (Å²) in [4.78, 5) is 17.9. The Hall–Kier alpha value is -4.20. The molecule has 4 heterocycles. The van der Waals surface area contributed by atoms with Crippen molar-refractivity contribution in [2.24, 2.45) is 0 Å². The van der Waals surface area contributed by atoms with Gasteiger partial charge in [-0.05, 0) is 43.5 Å². The van der Waals surface area contributed by atoms with Crippen LogP contribution in [0.25, 0.3) is 33.2 Å². The van der Waals surface area contributed by atoms with E-state index in [9.17, 15) is 4.79 Å². The minimum Gasteiger partial charge on any atom is -0.496 e. The molecule has 0 radical (unpaired) electrons. The molecule has 0 aliphatic rings. The van der Waals surface area contributed by atoms with Crippen LogP contribution < -0.4 is 10.3 Å². The van der Waals surface area contributed by atoms with E-state index in [1.165, 1.54) is 0 Å². The number of hydrogen-bond acceptors (Lipinski definition) is 6. The van der Waals surface area contributed by atoms with Gasteiger partial charge in [0.15, 0.2) is 0 Å². The number of aromatic nitrogens is 5. The smallest absolute Gasteiger partial charge is 0.259 e. The second-order valence-corrected chi connectivity index (χ2v) is 7.57. The zero-order chi connectivity index (χ0) is 22.2. The molecule has 0 bridgehead atoms. The van der Waals surface area contributed by atoms with E-state index in [2.05, 4.69) is 20.3 Å². The summed E-state index contributed by atoms with van der Waals surface area (Å²) in [6.07, 6.45) is 5.08. The van der Waals surface area contributed by atoms with Crippen LogP contribution in [0.5, 0.6) is 5.75 Å². The lowest BCUT2D eigenvalue weighted by molar-refractivity contribution is 0.393. The van der Waals surface area contributed by atoms with Crippen LogP contribution in [0.1, 0.15) is 17.1 Å². The van der Waals surface area contributed by atoms with Crippen LogP contribution in [0, 0.1) is 13.8 Å².